The average Bonchev–Trinajstić information content (AvgIpc) is 3.51. The predicted octanol–water partition coefficient (Wildman–Crippen LogP) is 8.75. The fourth-order valence-corrected chi connectivity index (χ4v) is 6.01. The number of carbonyl (C=O) groups excluding carboxylic acids is 3. The van der Waals surface area contributed by atoms with Crippen molar-refractivity contribution in [2.45, 2.75) is 17.1 Å². The van der Waals surface area contributed by atoms with Crippen LogP contribution in [-0.4, -0.2) is 28.0 Å². The molecule has 0 fully saturated rings. The van der Waals surface area contributed by atoms with Gasteiger partial charge in [0.05, 0.1) is 10.9 Å². The number of hydrogen-bond acceptors (Lipinski definition) is 6. The minimum Gasteiger partial charge on any atom is -0.321 e. The van der Waals surface area contributed by atoms with Gasteiger partial charge in [-0.25, -0.2) is 4.98 Å². The van der Waals surface area contributed by atoms with Crippen molar-refractivity contribution in [1.82, 2.24) is 10.3 Å². The summed E-state index contributed by atoms with van der Waals surface area (Å²) in [5, 5.41) is 11.1. The van der Waals surface area contributed by atoms with Crippen molar-refractivity contribution in [2.24, 2.45) is 0 Å². The number of anilines is 2. The van der Waals surface area contributed by atoms with Gasteiger partial charge < -0.3 is 16.0 Å². The molecule has 3 amide bonds. The molecule has 0 saturated heterocycles. The van der Waals surface area contributed by atoms with Gasteiger partial charge in [-0.3, -0.25) is 14.4 Å². The van der Waals surface area contributed by atoms with Crippen LogP contribution in [0.1, 0.15) is 22.8 Å². The lowest BCUT2D eigenvalue weighted by Gasteiger charge is -2.13. The molecule has 0 bridgehead atoms. The van der Waals surface area contributed by atoms with E-state index in [1.165, 1.54) is 23.1 Å². The Morgan fingerprint density at radius 2 is 1.58 bits per heavy atom. The van der Waals surface area contributed by atoms with Crippen molar-refractivity contribution in [3.8, 4) is 11.3 Å². The molecule has 1 heterocycles. The van der Waals surface area contributed by atoms with Gasteiger partial charge in [0.25, 0.3) is 11.8 Å². The molecular formula is C34H26BrClN4O3S2. The molecule has 5 aromatic rings. The van der Waals surface area contributed by atoms with E-state index in [1.54, 1.807) is 66.7 Å². The number of amides is 3. The molecule has 0 saturated carbocycles. The van der Waals surface area contributed by atoms with Crippen LogP contribution < -0.4 is 16.0 Å². The topological polar surface area (TPSA) is 100 Å². The van der Waals surface area contributed by atoms with Crippen molar-refractivity contribution >= 4 is 85.2 Å². The lowest BCUT2D eigenvalue weighted by Crippen LogP contribution is -2.30. The maximum atomic E-state index is 13.3. The van der Waals surface area contributed by atoms with Gasteiger partial charge in [0.2, 0.25) is 5.91 Å². The standard InChI is InChI=1S/C34H26BrClN4O3S2/c1-21(31(41)40-34-39-30(20-44-34)23-9-11-25(35)12-10-23)45-28-17-15-27(16-18-28)37-33(43)29(19-22-7-13-26(36)14-8-22)38-32(42)24-5-3-2-4-6-24/h2-21H,1H3,(H,37,43)(H,38,42)(H,39,40,41)/b29-19-. The number of hydrogen-bond donors (Lipinski definition) is 3. The van der Waals surface area contributed by atoms with Gasteiger partial charge in [-0.2, -0.15) is 0 Å². The highest BCUT2D eigenvalue weighted by atomic mass is 79.9. The molecule has 0 aliphatic rings. The van der Waals surface area contributed by atoms with Crippen LogP contribution in [0.5, 0.6) is 0 Å². The van der Waals surface area contributed by atoms with Crippen LogP contribution in [0, 0.1) is 0 Å². The molecule has 3 N–H and O–H groups in total. The van der Waals surface area contributed by atoms with E-state index in [2.05, 4.69) is 36.9 Å². The number of nitrogens with zero attached hydrogens (tertiary/aromatic N) is 1. The molecule has 0 aliphatic carbocycles. The highest BCUT2D eigenvalue weighted by Gasteiger charge is 2.18. The van der Waals surface area contributed by atoms with Gasteiger partial charge in [-0.05, 0) is 79.2 Å². The zero-order valence-electron chi connectivity index (χ0n) is 23.8. The van der Waals surface area contributed by atoms with Crippen molar-refractivity contribution < 1.29 is 14.4 Å². The minimum atomic E-state index is -0.492. The second-order valence-electron chi connectivity index (χ2n) is 9.70. The van der Waals surface area contributed by atoms with Gasteiger partial charge in [0, 0.05) is 36.6 Å². The number of carbonyl (C=O) groups is 3. The molecule has 0 aliphatic heterocycles. The molecule has 0 spiro atoms. The summed E-state index contributed by atoms with van der Waals surface area (Å²) in [5.41, 5.74) is 3.48. The van der Waals surface area contributed by atoms with Gasteiger partial charge >= 0.3 is 0 Å². The molecule has 1 atom stereocenters. The van der Waals surface area contributed by atoms with Crippen LogP contribution in [0.15, 0.2) is 124 Å². The Kier molecular flexibility index (Phi) is 10.9. The van der Waals surface area contributed by atoms with E-state index in [4.69, 9.17) is 11.6 Å². The highest BCUT2D eigenvalue weighted by Crippen LogP contribution is 2.29. The Hall–Kier alpha value is -4.22. The number of halogens is 2. The Labute approximate surface area is 282 Å². The van der Waals surface area contributed by atoms with Crippen molar-refractivity contribution in [1.29, 1.82) is 0 Å². The van der Waals surface area contributed by atoms with Gasteiger partial charge in [-0.1, -0.05) is 70.0 Å². The first kappa shape index (κ1) is 32.2. The predicted molar refractivity (Wildman–Crippen MR) is 188 cm³/mol. The Bertz CT molecular complexity index is 1830. The molecule has 4 aromatic carbocycles. The van der Waals surface area contributed by atoms with Crippen LogP contribution in [0.25, 0.3) is 17.3 Å². The second kappa shape index (κ2) is 15.2. The summed E-state index contributed by atoms with van der Waals surface area (Å²) in [4.78, 5) is 44.4. The van der Waals surface area contributed by atoms with Crippen LogP contribution in [-0.2, 0) is 9.59 Å². The normalized spacial score (nSPS) is 11.8. The number of rotatable bonds is 10. The van der Waals surface area contributed by atoms with E-state index in [1.807, 2.05) is 54.8 Å². The zero-order chi connectivity index (χ0) is 31.8. The molecule has 7 nitrogen and oxygen atoms in total. The number of aromatic nitrogens is 1. The first-order valence-electron chi connectivity index (χ1n) is 13.7. The molecule has 45 heavy (non-hydrogen) atoms. The lowest BCUT2D eigenvalue weighted by molar-refractivity contribution is -0.115. The van der Waals surface area contributed by atoms with E-state index in [9.17, 15) is 14.4 Å². The van der Waals surface area contributed by atoms with E-state index in [0.717, 1.165) is 20.6 Å². The summed E-state index contributed by atoms with van der Waals surface area (Å²) >= 11 is 12.2. The Morgan fingerprint density at radius 3 is 2.27 bits per heavy atom. The fraction of sp³-hybridized carbons (Fsp3) is 0.0588. The van der Waals surface area contributed by atoms with E-state index >= 15 is 0 Å². The van der Waals surface area contributed by atoms with Crippen molar-refractivity contribution in [2.75, 3.05) is 10.6 Å². The fourth-order valence-electron chi connectivity index (χ4n) is 4.03. The highest BCUT2D eigenvalue weighted by molar-refractivity contribution is 9.10. The third-order valence-electron chi connectivity index (χ3n) is 6.38. The Balaban J connectivity index is 1.20. The van der Waals surface area contributed by atoms with E-state index in [-0.39, 0.29) is 11.6 Å². The number of thioether (sulfide) groups is 1. The number of nitrogens with one attached hydrogen (secondary N) is 3. The summed E-state index contributed by atoms with van der Waals surface area (Å²) in [5.74, 6) is -1.07. The van der Waals surface area contributed by atoms with Crippen LogP contribution >= 0.6 is 50.6 Å². The summed E-state index contributed by atoms with van der Waals surface area (Å²) in [6.45, 7) is 1.82. The van der Waals surface area contributed by atoms with E-state index in [0.29, 0.717) is 27.0 Å². The first-order chi connectivity index (χ1) is 21.7. The Morgan fingerprint density at radius 1 is 0.889 bits per heavy atom. The first-order valence-corrected chi connectivity index (χ1v) is 16.6. The van der Waals surface area contributed by atoms with E-state index < -0.39 is 17.1 Å². The third-order valence-corrected chi connectivity index (χ3v) is 9.03. The van der Waals surface area contributed by atoms with Gasteiger partial charge in [0.1, 0.15) is 5.70 Å². The molecule has 226 valence electrons. The summed E-state index contributed by atoms with van der Waals surface area (Å²) < 4.78 is 0.986. The van der Waals surface area contributed by atoms with Crippen LogP contribution in [0.2, 0.25) is 5.02 Å². The lowest BCUT2D eigenvalue weighted by atomic mass is 10.1. The summed E-state index contributed by atoms with van der Waals surface area (Å²) in [7, 11) is 0. The molecular weight excluding hydrogens is 692 g/mol. The number of thiazole rings is 1. The molecule has 0 radical (unpaired) electrons. The summed E-state index contributed by atoms with van der Waals surface area (Å²) in [6.07, 6.45) is 1.58. The SMILES string of the molecule is CC(Sc1ccc(NC(=O)/C(=C/c2ccc(Cl)cc2)NC(=O)c2ccccc2)cc1)C(=O)Nc1nc(-c2ccc(Br)cc2)cs1. The van der Waals surface area contributed by atoms with Crippen molar-refractivity contribution in [3.05, 3.63) is 135 Å². The van der Waals surface area contributed by atoms with Crippen LogP contribution in [0.4, 0.5) is 10.8 Å². The minimum absolute atomic E-state index is 0.0698. The van der Waals surface area contributed by atoms with Gasteiger partial charge in [0.15, 0.2) is 5.13 Å². The maximum Gasteiger partial charge on any atom is 0.272 e. The van der Waals surface area contributed by atoms with Crippen LogP contribution in [0.3, 0.4) is 0 Å². The smallest absolute Gasteiger partial charge is 0.272 e. The maximum absolute atomic E-state index is 13.3. The second-order valence-corrected chi connectivity index (χ2v) is 13.3. The quantitative estimate of drug-likeness (QED) is 0.0991. The summed E-state index contributed by atoms with van der Waals surface area (Å²) in [6, 6.07) is 30.5. The molecule has 5 rings (SSSR count). The average molecular weight is 718 g/mol. The largest absolute Gasteiger partial charge is 0.321 e. The molecule has 1 aromatic heterocycles. The van der Waals surface area contributed by atoms with Crippen molar-refractivity contribution in [3.63, 3.8) is 0 Å². The van der Waals surface area contributed by atoms with Gasteiger partial charge in [-0.15, -0.1) is 23.1 Å². The number of benzene rings is 4. The zero-order valence-corrected chi connectivity index (χ0v) is 27.8. The monoisotopic (exact) mass is 716 g/mol. The molecule has 1 unspecified atom stereocenters. The third kappa shape index (κ3) is 9.15. The molecule has 11 heteroatoms.